The van der Waals surface area contributed by atoms with E-state index in [1.165, 1.54) is 0 Å². The molecule has 1 aromatic carbocycles. The van der Waals surface area contributed by atoms with Gasteiger partial charge in [0.05, 0.1) is 12.6 Å². The SMILES string of the molecule is CN1CCC(COC(=O)N2CCNCC2c2ccc(Cl)cc2)CC1. The van der Waals surface area contributed by atoms with Crippen molar-refractivity contribution in [3.8, 4) is 0 Å². The number of hydrogen-bond donors (Lipinski definition) is 1. The fourth-order valence-corrected chi connectivity index (χ4v) is 3.53. The molecule has 0 saturated carbocycles. The Balaban J connectivity index is 1.58. The van der Waals surface area contributed by atoms with Crippen molar-refractivity contribution in [3.05, 3.63) is 34.9 Å². The first-order valence-corrected chi connectivity index (χ1v) is 9.09. The Labute approximate surface area is 148 Å². The predicted octanol–water partition coefficient (Wildman–Crippen LogP) is 2.76. The van der Waals surface area contributed by atoms with Gasteiger partial charge in [0.15, 0.2) is 0 Å². The Hall–Kier alpha value is -1.30. The number of nitrogens with one attached hydrogen (secondary N) is 1. The highest BCUT2D eigenvalue weighted by atomic mass is 35.5. The molecule has 6 heteroatoms. The molecule has 1 aromatic rings. The van der Waals surface area contributed by atoms with Crippen molar-refractivity contribution in [1.82, 2.24) is 15.1 Å². The molecule has 1 N–H and O–H groups in total. The van der Waals surface area contributed by atoms with Gasteiger partial charge in [-0.1, -0.05) is 23.7 Å². The third kappa shape index (κ3) is 4.41. The molecule has 132 valence electrons. The summed E-state index contributed by atoms with van der Waals surface area (Å²) in [5.74, 6) is 0.488. The Bertz CT molecular complexity index is 544. The zero-order valence-corrected chi connectivity index (χ0v) is 15.0. The van der Waals surface area contributed by atoms with Crippen molar-refractivity contribution in [2.75, 3.05) is 46.4 Å². The summed E-state index contributed by atoms with van der Waals surface area (Å²) in [6.45, 7) is 4.91. The number of benzene rings is 1. The van der Waals surface area contributed by atoms with Gasteiger partial charge in [-0.15, -0.1) is 0 Å². The molecule has 0 aromatic heterocycles. The zero-order valence-electron chi connectivity index (χ0n) is 14.2. The van der Waals surface area contributed by atoms with Crippen molar-refractivity contribution in [3.63, 3.8) is 0 Å². The summed E-state index contributed by atoms with van der Waals surface area (Å²) in [6.07, 6.45) is 2.01. The second-order valence-corrected chi connectivity index (χ2v) is 7.22. The smallest absolute Gasteiger partial charge is 0.410 e. The van der Waals surface area contributed by atoms with Crippen molar-refractivity contribution >= 4 is 17.7 Å². The first-order chi connectivity index (χ1) is 11.6. The summed E-state index contributed by atoms with van der Waals surface area (Å²) in [5, 5.41) is 4.06. The molecule has 0 bridgehead atoms. The molecule has 0 aliphatic carbocycles. The lowest BCUT2D eigenvalue weighted by Crippen LogP contribution is -2.49. The summed E-state index contributed by atoms with van der Waals surface area (Å²) >= 11 is 5.97. The molecule has 1 atom stereocenters. The van der Waals surface area contributed by atoms with Gasteiger partial charge in [0, 0.05) is 24.7 Å². The van der Waals surface area contributed by atoms with E-state index in [0.717, 1.165) is 44.6 Å². The van der Waals surface area contributed by atoms with E-state index in [1.54, 1.807) is 0 Å². The van der Waals surface area contributed by atoms with E-state index in [2.05, 4.69) is 17.3 Å². The quantitative estimate of drug-likeness (QED) is 0.909. The molecule has 0 radical (unpaired) electrons. The van der Waals surface area contributed by atoms with Crippen LogP contribution in [0, 0.1) is 5.92 Å². The Kier molecular flexibility index (Phi) is 5.98. The fraction of sp³-hybridized carbons (Fsp3) is 0.611. The average molecular weight is 352 g/mol. The molecular weight excluding hydrogens is 326 g/mol. The number of carbonyl (C=O) groups is 1. The number of rotatable bonds is 3. The number of halogens is 1. The van der Waals surface area contributed by atoms with E-state index in [9.17, 15) is 4.79 Å². The molecule has 0 spiro atoms. The van der Waals surface area contributed by atoms with Gasteiger partial charge in [-0.3, -0.25) is 4.90 Å². The highest BCUT2D eigenvalue weighted by Gasteiger charge is 2.29. The molecule has 1 amide bonds. The second-order valence-electron chi connectivity index (χ2n) is 6.79. The Morgan fingerprint density at radius 3 is 2.67 bits per heavy atom. The summed E-state index contributed by atoms with van der Waals surface area (Å²) in [4.78, 5) is 16.8. The molecule has 2 aliphatic heterocycles. The van der Waals surface area contributed by atoms with Crippen LogP contribution in [0.5, 0.6) is 0 Å². The lowest BCUT2D eigenvalue weighted by Gasteiger charge is -2.36. The third-order valence-corrected chi connectivity index (χ3v) is 5.27. The van der Waals surface area contributed by atoms with Gasteiger partial charge in [0.1, 0.15) is 0 Å². The molecule has 2 fully saturated rings. The maximum atomic E-state index is 12.6. The second kappa shape index (κ2) is 8.19. The maximum absolute atomic E-state index is 12.6. The van der Waals surface area contributed by atoms with Gasteiger partial charge in [-0.05, 0) is 56.6 Å². The van der Waals surface area contributed by atoms with Gasteiger partial charge in [0.25, 0.3) is 0 Å². The number of ether oxygens (including phenoxy) is 1. The number of nitrogens with zero attached hydrogens (tertiary/aromatic N) is 2. The minimum absolute atomic E-state index is 0.000931. The van der Waals surface area contributed by atoms with Crippen LogP contribution >= 0.6 is 11.6 Å². The summed E-state index contributed by atoms with van der Waals surface area (Å²) in [6, 6.07) is 7.70. The van der Waals surface area contributed by atoms with Crippen molar-refractivity contribution in [2.24, 2.45) is 5.92 Å². The van der Waals surface area contributed by atoms with Gasteiger partial charge >= 0.3 is 6.09 Å². The normalized spacial score (nSPS) is 23.2. The summed E-state index contributed by atoms with van der Waals surface area (Å²) in [7, 11) is 2.14. The molecule has 3 rings (SSSR count). The minimum atomic E-state index is -0.199. The van der Waals surface area contributed by atoms with E-state index in [4.69, 9.17) is 16.3 Å². The van der Waals surface area contributed by atoms with Crippen LogP contribution in [0.25, 0.3) is 0 Å². The van der Waals surface area contributed by atoms with E-state index >= 15 is 0 Å². The van der Waals surface area contributed by atoms with Crippen LogP contribution in [0.2, 0.25) is 5.02 Å². The first kappa shape index (κ1) is 17.5. The van der Waals surface area contributed by atoms with E-state index in [1.807, 2.05) is 29.2 Å². The number of piperazine rings is 1. The Morgan fingerprint density at radius 1 is 1.25 bits per heavy atom. The van der Waals surface area contributed by atoms with Crippen LogP contribution in [0.4, 0.5) is 4.79 Å². The molecule has 2 aliphatic rings. The number of amides is 1. The zero-order chi connectivity index (χ0) is 16.9. The van der Waals surface area contributed by atoms with Crippen LogP contribution in [0.3, 0.4) is 0 Å². The van der Waals surface area contributed by atoms with Gasteiger partial charge in [-0.25, -0.2) is 4.79 Å². The predicted molar refractivity (Wildman–Crippen MR) is 95.3 cm³/mol. The third-order valence-electron chi connectivity index (χ3n) is 5.01. The van der Waals surface area contributed by atoms with E-state index in [-0.39, 0.29) is 12.1 Å². The minimum Gasteiger partial charge on any atom is -0.449 e. The number of piperidine rings is 1. The largest absolute Gasteiger partial charge is 0.449 e. The fourth-order valence-electron chi connectivity index (χ4n) is 3.41. The molecule has 2 saturated heterocycles. The van der Waals surface area contributed by atoms with Gasteiger partial charge in [-0.2, -0.15) is 0 Å². The number of carbonyl (C=O) groups excluding carboxylic acids is 1. The topological polar surface area (TPSA) is 44.8 Å². The lowest BCUT2D eigenvalue weighted by atomic mass is 9.98. The van der Waals surface area contributed by atoms with E-state index in [0.29, 0.717) is 24.1 Å². The van der Waals surface area contributed by atoms with Gasteiger partial charge < -0.3 is 15.0 Å². The van der Waals surface area contributed by atoms with Crippen LogP contribution in [0.15, 0.2) is 24.3 Å². The van der Waals surface area contributed by atoms with Crippen LogP contribution in [-0.2, 0) is 4.74 Å². The lowest BCUT2D eigenvalue weighted by molar-refractivity contribution is 0.0553. The van der Waals surface area contributed by atoms with Crippen LogP contribution in [-0.4, -0.2) is 62.3 Å². The molecule has 24 heavy (non-hydrogen) atoms. The molecular formula is C18H26ClN3O2. The monoisotopic (exact) mass is 351 g/mol. The van der Waals surface area contributed by atoms with Crippen LogP contribution in [0.1, 0.15) is 24.4 Å². The van der Waals surface area contributed by atoms with Crippen molar-refractivity contribution in [1.29, 1.82) is 0 Å². The molecule has 1 unspecified atom stereocenters. The first-order valence-electron chi connectivity index (χ1n) is 8.71. The van der Waals surface area contributed by atoms with E-state index < -0.39 is 0 Å². The van der Waals surface area contributed by atoms with Gasteiger partial charge in [0.2, 0.25) is 0 Å². The molecule has 2 heterocycles. The average Bonchev–Trinajstić information content (AvgIpc) is 2.62. The van der Waals surface area contributed by atoms with Crippen LogP contribution < -0.4 is 5.32 Å². The number of likely N-dealkylation sites (tertiary alicyclic amines) is 1. The number of hydrogen-bond acceptors (Lipinski definition) is 4. The summed E-state index contributed by atoms with van der Waals surface area (Å²) in [5.41, 5.74) is 1.09. The maximum Gasteiger partial charge on any atom is 0.410 e. The Morgan fingerprint density at radius 2 is 1.96 bits per heavy atom. The highest BCUT2D eigenvalue weighted by molar-refractivity contribution is 6.30. The van der Waals surface area contributed by atoms with Crippen molar-refractivity contribution in [2.45, 2.75) is 18.9 Å². The molecule has 5 nitrogen and oxygen atoms in total. The standard InChI is InChI=1S/C18H26ClN3O2/c1-21-9-6-14(7-10-21)13-24-18(23)22-11-8-20-12-17(22)15-2-4-16(19)5-3-15/h2-5,14,17,20H,6-13H2,1H3. The highest BCUT2D eigenvalue weighted by Crippen LogP contribution is 2.25. The summed E-state index contributed by atoms with van der Waals surface area (Å²) < 4.78 is 5.65. The van der Waals surface area contributed by atoms with Crippen molar-refractivity contribution < 1.29 is 9.53 Å².